The summed E-state index contributed by atoms with van der Waals surface area (Å²) in [5.41, 5.74) is 1.05. The average molecular weight is 220 g/mol. The Bertz CT molecular complexity index is 343. The Morgan fingerprint density at radius 3 is 2.56 bits per heavy atom. The normalized spacial score (nSPS) is 12.8. The molecule has 0 radical (unpaired) electrons. The predicted molar refractivity (Wildman–Crippen MR) is 62.9 cm³/mol. The third-order valence-electron chi connectivity index (χ3n) is 2.36. The first kappa shape index (κ1) is 12.5. The molecule has 86 valence electrons. The van der Waals surface area contributed by atoms with Gasteiger partial charge in [-0.3, -0.25) is 4.79 Å². The Balaban J connectivity index is 2.49. The molecule has 3 heteroatoms. The van der Waals surface area contributed by atoms with Crippen molar-refractivity contribution in [1.82, 2.24) is 0 Å². The highest BCUT2D eigenvalue weighted by molar-refractivity contribution is 5.70. The summed E-state index contributed by atoms with van der Waals surface area (Å²) in [6.45, 7) is -0.0872. The highest BCUT2D eigenvalue weighted by Gasteiger charge is 2.14. The number of aliphatic carboxylic acids is 1. The molecule has 0 heterocycles. The van der Waals surface area contributed by atoms with Gasteiger partial charge in [-0.15, -0.1) is 0 Å². The Morgan fingerprint density at radius 2 is 2.00 bits per heavy atom. The molecule has 0 bridgehead atoms. The van der Waals surface area contributed by atoms with Crippen LogP contribution >= 0.6 is 0 Å². The summed E-state index contributed by atoms with van der Waals surface area (Å²) in [5, 5.41) is 17.6. The number of hydrogen-bond acceptors (Lipinski definition) is 2. The SMILES string of the molecule is O=C(O)C(C/C=C/c1ccccc1)CCO. The van der Waals surface area contributed by atoms with Crippen LogP contribution in [0, 0.1) is 5.92 Å². The lowest BCUT2D eigenvalue weighted by atomic mass is 10.0. The van der Waals surface area contributed by atoms with Crippen molar-refractivity contribution in [3.63, 3.8) is 0 Å². The van der Waals surface area contributed by atoms with Gasteiger partial charge in [-0.25, -0.2) is 0 Å². The van der Waals surface area contributed by atoms with Gasteiger partial charge in [0, 0.05) is 6.61 Å². The van der Waals surface area contributed by atoms with Crippen LogP contribution in [0.3, 0.4) is 0 Å². The summed E-state index contributed by atoms with van der Waals surface area (Å²) in [6, 6.07) is 9.71. The first-order chi connectivity index (χ1) is 7.74. The highest BCUT2D eigenvalue weighted by atomic mass is 16.4. The van der Waals surface area contributed by atoms with Gasteiger partial charge in [0.1, 0.15) is 0 Å². The molecule has 1 unspecified atom stereocenters. The summed E-state index contributed by atoms with van der Waals surface area (Å²) in [4.78, 5) is 10.8. The van der Waals surface area contributed by atoms with Crippen molar-refractivity contribution >= 4 is 12.0 Å². The van der Waals surface area contributed by atoms with Crippen LogP contribution in [0.25, 0.3) is 6.08 Å². The molecule has 0 saturated heterocycles. The second kappa shape index (κ2) is 6.80. The van der Waals surface area contributed by atoms with Gasteiger partial charge in [-0.2, -0.15) is 0 Å². The number of allylic oxidation sites excluding steroid dienone is 1. The molecular weight excluding hydrogens is 204 g/mol. The summed E-state index contributed by atoms with van der Waals surface area (Å²) in [5.74, 6) is -1.35. The quantitative estimate of drug-likeness (QED) is 0.772. The van der Waals surface area contributed by atoms with Crippen LogP contribution in [0.5, 0.6) is 0 Å². The van der Waals surface area contributed by atoms with Gasteiger partial charge in [0.2, 0.25) is 0 Å². The zero-order valence-corrected chi connectivity index (χ0v) is 9.04. The molecule has 1 atom stereocenters. The van der Waals surface area contributed by atoms with Crippen LogP contribution in [0.1, 0.15) is 18.4 Å². The van der Waals surface area contributed by atoms with Crippen LogP contribution in [0.2, 0.25) is 0 Å². The fraction of sp³-hybridized carbons (Fsp3) is 0.308. The van der Waals surface area contributed by atoms with Crippen molar-refractivity contribution in [2.24, 2.45) is 5.92 Å². The average Bonchev–Trinajstić information content (AvgIpc) is 2.29. The Morgan fingerprint density at radius 1 is 1.31 bits per heavy atom. The number of benzene rings is 1. The van der Waals surface area contributed by atoms with E-state index in [0.29, 0.717) is 12.8 Å². The first-order valence-electron chi connectivity index (χ1n) is 5.29. The molecule has 1 aromatic carbocycles. The summed E-state index contributed by atoms with van der Waals surface area (Å²) in [7, 11) is 0. The molecule has 0 aromatic heterocycles. The number of carboxylic acids is 1. The van der Waals surface area contributed by atoms with E-state index < -0.39 is 11.9 Å². The second-order valence-corrected chi connectivity index (χ2v) is 3.60. The molecule has 3 nitrogen and oxygen atoms in total. The van der Waals surface area contributed by atoms with E-state index in [2.05, 4.69) is 0 Å². The number of carbonyl (C=O) groups is 1. The topological polar surface area (TPSA) is 57.5 Å². The van der Waals surface area contributed by atoms with Crippen molar-refractivity contribution in [1.29, 1.82) is 0 Å². The van der Waals surface area contributed by atoms with Crippen molar-refractivity contribution < 1.29 is 15.0 Å². The molecule has 0 aliphatic heterocycles. The predicted octanol–water partition coefficient (Wildman–Crippen LogP) is 2.17. The Hall–Kier alpha value is -1.61. The summed E-state index contributed by atoms with van der Waals surface area (Å²) in [6.07, 6.45) is 4.48. The minimum absolute atomic E-state index is 0.0872. The lowest BCUT2D eigenvalue weighted by molar-refractivity contribution is -0.142. The minimum atomic E-state index is -0.855. The Kier molecular flexibility index (Phi) is 5.29. The van der Waals surface area contributed by atoms with E-state index in [9.17, 15) is 4.79 Å². The van der Waals surface area contributed by atoms with Crippen molar-refractivity contribution in [3.05, 3.63) is 42.0 Å². The maximum absolute atomic E-state index is 10.8. The molecule has 0 saturated carbocycles. The van der Waals surface area contributed by atoms with Crippen LogP contribution < -0.4 is 0 Å². The van der Waals surface area contributed by atoms with Crippen molar-refractivity contribution in [3.8, 4) is 0 Å². The fourth-order valence-corrected chi connectivity index (χ4v) is 1.43. The molecule has 0 fully saturated rings. The zero-order valence-electron chi connectivity index (χ0n) is 9.04. The largest absolute Gasteiger partial charge is 0.481 e. The Labute approximate surface area is 95.0 Å². The fourth-order valence-electron chi connectivity index (χ4n) is 1.43. The smallest absolute Gasteiger partial charge is 0.306 e. The molecule has 1 rings (SSSR count). The highest BCUT2D eigenvalue weighted by Crippen LogP contribution is 2.11. The van der Waals surface area contributed by atoms with Crippen LogP contribution in [0.15, 0.2) is 36.4 Å². The second-order valence-electron chi connectivity index (χ2n) is 3.60. The van der Waals surface area contributed by atoms with Gasteiger partial charge in [0.25, 0.3) is 0 Å². The van der Waals surface area contributed by atoms with E-state index in [-0.39, 0.29) is 6.61 Å². The first-order valence-corrected chi connectivity index (χ1v) is 5.29. The number of rotatable bonds is 6. The standard InChI is InChI=1S/C13H16O3/c14-10-9-12(13(15)16)8-4-7-11-5-2-1-3-6-11/h1-7,12,14H,8-10H2,(H,15,16)/b7-4+. The maximum Gasteiger partial charge on any atom is 0.306 e. The van der Waals surface area contributed by atoms with E-state index >= 15 is 0 Å². The molecule has 0 spiro atoms. The molecule has 2 N–H and O–H groups in total. The lowest BCUT2D eigenvalue weighted by Gasteiger charge is -2.06. The third kappa shape index (κ3) is 4.28. The van der Waals surface area contributed by atoms with Gasteiger partial charge >= 0.3 is 5.97 Å². The van der Waals surface area contributed by atoms with Crippen molar-refractivity contribution in [2.75, 3.05) is 6.61 Å². The molecule has 1 aromatic rings. The van der Waals surface area contributed by atoms with Crippen LogP contribution in [-0.4, -0.2) is 22.8 Å². The maximum atomic E-state index is 10.8. The van der Waals surface area contributed by atoms with Gasteiger partial charge in [0.05, 0.1) is 5.92 Å². The van der Waals surface area contributed by atoms with Crippen LogP contribution in [0.4, 0.5) is 0 Å². The van der Waals surface area contributed by atoms with Gasteiger partial charge in [-0.1, -0.05) is 42.5 Å². The molecule has 0 amide bonds. The van der Waals surface area contributed by atoms with Gasteiger partial charge in [0.15, 0.2) is 0 Å². The number of aliphatic hydroxyl groups excluding tert-OH is 1. The van der Waals surface area contributed by atoms with E-state index in [0.717, 1.165) is 5.56 Å². The number of aliphatic hydroxyl groups is 1. The summed E-state index contributed by atoms with van der Waals surface area (Å²) >= 11 is 0. The van der Waals surface area contributed by atoms with Crippen molar-refractivity contribution in [2.45, 2.75) is 12.8 Å². The van der Waals surface area contributed by atoms with E-state index in [1.165, 1.54) is 0 Å². The van der Waals surface area contributed by atoms with Crippen LogP contribution in [-0.2, 0) is 4.79 Å². The van der Waals surface area contributed by atoms with E-state index in [1.807, 2.05) is 42.5 Å². The minimum Gasteiger partial charge on any atom is -0.481 e. The number of hydrogen-bond donors (Lipinski definition) is 2. The lowest BCUT2D eigenvalue weighted by Crippen LogP contribution is -2.14. The molecule has 0 aliphatic carbocycles. The zero-order chi connectivity index (χ0) is 11.8. The monoisotopic (exact) mass is 220 g/mol. The molecule has 0 aliphatic rings. The van der Waals surface area contributed by atoms with E-state index in [4.69, 9.17) is 10.2 Å². The van der Waals surface area contributed by atoms with Gasteiger partial charge < -0.3 is 10.2 Å². The number of carboxylic acid groups (broad SMARTS) is 1. The molecular formula is C13H16O3. The summed E-state index contributed by atoms with van der Waals surface area (Å²) < 4.78 is 0. The third-order valence-corrected chi connectivity index (χ3v) is 2.36. The molecule has 16 heavy (non-hydrogen) atoms. The van der Waals surface area contributed by atoms with Gasteiger partial charge in [-0.05, 0) is 18.4 Å². The van der Waals surface area contributed by atoms with E-state index in [1.54, 1.807) is 0 Å².